The minimum atomic E-state index is -0.845. The number of nitrogens with zero attached hydrogens (tertiary/aromatic N) is 1. The van der Waals surface area contributed by atoms with Crippen molar-refractivity contribution in [1.82, 2.24) is 4.90 Å². The highest BCUT2D eigenvalue weighted by Crippen LogP contribution is 2.40. The summed E-state index contributed by atoms with van der Waals surface area (Å²) in [7, 11) is 1.99. The molecule has 0 bridgehead atoms. The normalized spacial score (nSPS) is 22.4. The van der Waals surface area contributed by atoms with Crippen molar-refractivity contribution in [3.8, 4) is 0 Å². The van der Waals surface area contributed by atoms with Gasteiger partial charge in [-0.3, -0.25) is 4.90 Å². The Hall–Kier alpha value is -0.110. The van der Waals surface area contributed by atoms with Crippen molar-refractivity contribution in [2.45, 2.75) is 44.8 Å². The van der Waals surface area contributed by atoms with Gasteiger partial charge in [0.05, 0.1) is 0 Å². The van der Waals surface area contributed by atoms with Gasteiger partial charge in [0.2, 0.25) is 0 Å². The molecule has 1 aliphatic carbocycles. The predicted octanol–water partition coefficient (Wildman–Crippen LogP) is 2.22. The van der Waals surface area contributed by atoms with Gasteiger partial charge >= 0.3 is 0 Å². The van der Waals surface area contributed by atoms with E-state index in [1.807, 2.05) is 7.05 Å². The lowest BCUT2D eigenvalue weighted by molar-refractivity contribution is 0.118. The van der Waals surface area contributed by atoms with Gasteiger partial charge in [0, 0.05) is 12.1 Å². The van der Waals surface area contributed by atoms with Gasteiger partial charge in [0.25, 0.3) is 0 Å². The van der Waals surface area contributed by atoms with Crippen LogP contribution in [0.5, 0.6) is 0 Å². The fourth-order valence-corrected chi connectivity index (χ4v) is 0.956. The third-order valence-electron chi connectivity index (χ3n) is 2.46. The van der Waals surface area contributed by atoms with Crippen LogP contribution in [0.4, 0.5) is 4.39 Å². The topological polar surface area (TPSA) is 3.24 Å². The van der Waals surface area contributed by atoms with Crippen LogP contribution in [0.15, 0.2) is 0 Å². The second kappa shape index (κ2) is 2.44. The molecule has 2 heteroatoms. The van der Waals surface area contributed by atoms with Gasteiger partial charge in [-0.15, -0.1) is 0 Å². The summed E-state index contributed by atoms with van der Waals surface area (Å²) in [6, 6.07) is 0. The molecule has 0 aromatic heterocycles. The summed E-state index contributed by atoms with van der Waals surface area (Å²) in [4.78, 5) is 2.08. The molecule has 1 rings (SSSR count). The van der Waals surface area contributed by atoms with E-state index in [2.05, 4.69) is 25.7 Å². The van der Waals surface area contributed by atoms with Crippen LogP contribution in [0.25, 0.3) is 0 Å². The van der Waals surface area contributed by atoms with Gasteiger partial charge in [0.1, 0.15) is 5.67 Å². The maximum absolute atomic E-state index is 13.2. The van der Waals surface area contributed by atoms with Crippen LogP contribution < -0.4 is 0 Å². The predicted molar refractivity (Wildman–Crippen MR) is 45.5 cm³/mol. The zero-order chi connectivity index (χ0) is 8.70. The Kier molecular flexibility index (Phi) is 1.99. The molecule has 0 unspecified atom stereocenters. The van der Waals surface area contributed by atoms with Gasteiger partial charge in [-0.2, -0.15) is 0 Å². The zero-order valence-corrected chi connectivity index (χ0v) is 7.95. The second-order valence-corrected chi connectivity index (χ2v) is 4.68. The van der Waals surface area contributed by atoms with Crippen LogP contribution >= 0.6 is 0 Å². The van der Waals surface area contributed by atoms with Crippen LogP contribution in [0.2, 0.25) is 0 Å². The summed E-state index contributed by atoms with van der Waals surface area (Å²) in [5.41, 5.74) is -0.746. The molecule has 66 valence electrons. The number of halogens is 1. The van der Waals surface area contributed by atoms with E-state index < -0.39 is 5.67 Å². The largest absolute Gasteiger partial charge is 0.298 e. The molecule has 0 aliphatic heterocycles. The minimum Gasteiger partial charge on any atom is -0.298 e. The Morgan fingerprint density at radius 2 is 1.82 bits per heavy atom. The molecular weight excluding hydrogens is 141 g/mol. The summed E-state index contributed by atoms with van der Waals surface area (Å²) in [6.45, 7) is 6.92. The van der Waals surface area contributed by atoms with E-state index in [-0.39, 0.29) is 5.54 Å². The molecule has 0 radical (unpaired) electrons. The van der Waals surface area contributed by atoms with E-state index >= 15 is 0 Å². The van der Waals surface area contributed by atoms with Crippen molar-refractivity contribution in [3.63, 3.8) is 0 Å². The highest BCUT2D eigenvalue weighted by atomic mass is 19.1. The van der Waals surface area contributed by atoms with Crippen molar-refractivity contribution in [3.05, 3.63) is 0 Å². The zero-order valence-electron chi connectivity index (χ0n) is 7.95. The molecule has 1 nitrogen and oxygen atoms in total. The first-order valence-electron chi connectivity index (χ1n) is 4.24. The van der Waals surface area contributed by atoms with Crippen LogP contribution in [0.1, 0.15) is 33.6 Å². The van der Waals surface area contributed by atoms with Crippen LogP contribution in [-0.2, 0) is 0 Å². The van der Waals surface area contributed by atoms with Crippen LogP contribution in [0, 0.1) is 0 Å². The summed E-state index contributed by atoms with van der Waals surface area (Å²) in [6.07, 6.45) is 1.51. The van der Waals surface area contributed by atoms with Gasteiger partial charge in [-0.1, -0.05) is 0 Å². The summed E-state index contributed by atoms with van der Waals surface area (Å²) in [5.74, 6) is 0. The Morgan fingerprint density at radius 3 is 2.09 bits per heavy atom. The van der Waals surface area contributed by atoms with E-state index in [1.165, 1.54) is 0 Å². The lowest BCUT2D eigenvalue weighted by Gasteiger charge is -2.32. The first-order chi connectivity index (χ1) is 4.83. The summed E-state index contributed by atoms with van der Waals surface area (Å²) >= 11 is 0. The molecule has 1 aliphatic rings. The number of rotatable bonds is 2. The van der Waals surface area contributed by atoms with Crippen molar-refractivity contribution < 1.29 is 4.39 Å². The van der Waals surface area contributed by atoms with Crippen LogP contribution in [-0.4, -0.2) is 29.7 Å². The molecule has 0 N–H and O–H groups in total. The molecule has 0 aromatic carbocycles. The van der Waals surface area contributed by atoms with Gasteiger partial charge in [-0.25, -0.2) is 4.39 Å². The fraction of sp³-hybridized carbons (Fsp3) is 1.00. The highest BCUT2D eigenvalue weighted by Gasteiger charge is 2.45. The molecule has 0 amide bonds. The van der Waals surface area contributed by atoms with E-state index in [9.17, 15) is 4.39 Å². The second-order valence-electron chi connectivity index (χ2n) is 4.68. The Balaban J connectivity index is 2.37. The number of hydrogen-bond acceptors (Lipinski definition) is 1. The average molecular weight is 159 g/mol. The maximum atomic E-state index is 13.2. The van der Waals surface area contributed by atoms with E-state index in [0.717, 1.165) is 12.8 Å². The quantitative estimate of drug-likeness (QED) is 0.597. The van der Waals surface area contributed by atoms with Gasteiger partial charge < -0.3 is 0 Å². The molecule has 1 saturated carbocycles. The lowest BCUT2D eigenvalue weighted by atomic mass is 10.1. The SMILES string of the molecule is CN(CC1(F)CC1)C(C)(C)C. The Labute approximate surface area is 68.6 Å². The Morgan fingerprint density at radius 1 is 1.36 bits per heavy atom. The van der Waals surface area contributed by atoms with E-state index in [1.54, 1.807) is 0 Å². The van der Waals surface area contributed by atoms with Crippen molar-refractivity contribution in [2.24, 2.45) is 0 Å². The molecule has 1 fully saturated rings. The molecule has 0 aromatic rings. The first kappa shape index (κ1) is 8.98. The maximum Gasteiger partial charge on any atom is 0.123 e. The minimum absolute atomic E-state index is 0.0989. The van der Waals surface area contributed by atoms with E-state index in [4.69, 9.17) is 0 Å². The Bertz CT molecular complexity index is 144. The van der Waals surface area contributed by atoms with E-state index in [0.29, 0.717) is 6.54 Å². The monoisotopic (exact) mass is 159 g/mol. The van der Waals surface area contributed by atoms with Crippen molar-refractivity contribution >= 4 is 0 Å². The third kappa shape index (κ3) is 2.44. The third-order valence-corrected chi connectivity index (χ3v) is 2.46. The molecule has 0 spiro atoms. The molecule has 0 atom stereocenters. The lowest BCUT2D eigenvalue weighted by Crippen LogP contribution is -2.42. The first-order valence-corrected chi connectivity index (χ1v) is 4.24. The van der Waals surface area contributed by atoms with Gasteiger partial charge in [-0.05, 0) is 40.7 Å². The van der Waals surface area contributed by atoms with Crippen molar-refractivity contribution in [2.75, 3.05) is 13.6 Å². The number of alkyl halides is 1. The molecular formula is C9H18FN. The molecule has 0 heterocycles. The average Bonchev–Trinajstić information content (AvgIpc) is 2.45. The highest BCUT2D eigenvalue weighted by molar-refractivity contribution is 4.97. The standard InChI is InChI=1S/C9H18FN/c1-8(2,3)11(4)7-9(10)5-6-9/h5-7H2,1-4H3. The summed E-state index contributed by atoms with van der Waals surface area (Å²) < 4.78 is 13.2. The molecule has 11 heavy (non-hydrogen) atoms. The smallest absolute Gasteiger partial charge is 0.123 e. The van der Waals surface area contributed by atoms with Gasteiger partial charge in [0.15, 0.2) is 0 Å². The van der Waals surface area contributed by atoms with Crippen LogP contribution in [0.3, 0.4) is 0 Å². The molecule has 0 saturated heterocycles. The fourth-order valence-electron chi connectivity index (χ4n) is 0.956. The van der Waals surface area contributed by atoms with Crippen molar-refractivity contribution in [1.29, 1.82) is 0 Å². The summed E-state index contributed by atoms with van der Waals surface area (Å²) in [5, 5.41) is 0. The number of hydrogen-bond donors (Lipinski definition) is 0.